The third-order valence-electron chi connectivity index (χ3n) is 6.46. The highest BCUT2D eigenvalue weighted by Gasteiger charge is 2.62. The summed E-state index contributed by atoms with van der Waals surface area (Å²) < 4.78 is 39.1. The van der Waals surface area contributed by atoms with Crippen LogP contribution >= 0.6 is 0 Å². The van der Waals surface area contributed by atoms with Gasteiger partial charge in [0.05, 0.1) is 23.1 Å². The predicted molar refractivity (Wildman–Crippen MR) is 92.5 cm³/mol. The molecule has 0 aromatic heterocycles. The highest BCUT2D eigenvalue weighted by atomic mass is 19.4. The molecule has 0 radical (unpaired) electrons. The highest BCUT2D eigenvalue weighted by Crippen LogP contribution is 2.58. The monoisotopic (exact) mass is 373 g/mol. The lowest BCUT2D eigenvalue weighted by Crippen LogP contribution is -2.33. The summed E-state index contributed by atoms with van der Waals surface area (Å²) in [5.41, 5.74) is 1.79. The Bertz CT molecular complexity index is 872. The van der Waals surface area contributed by atoms with E-state index in [0.717, 1.165) is 42.7 Å². The van der Waals surface area contributed by atoms with Gasteiger partial charge < -0.3 is 0 Å². The summed E-state index contributed by atoms with van der Waals surface area (Å²) in [6, 6.07) is 4.48. The number of anilines is 1. The van der Waals surface area contributed by atoms with Gasteiger partial charge in [-0.3, -0.25) is 9.59 Å². The summed E-state index contributed by atoms with van der Waals surface area (Å²) in [7, 11) is 0. The van der Waals surface area contributed by atoms with Crippen LogP contribution in [0.5, 0.6) is 0 Å². The molecule has 0 unspecified atom stereocenters. The van der Waals surface area contributed by atoms with E-state index in [1.807, 2.05) is 12.2 Å². The normalized spacial score (nSPS) is 32.2. The standard InChI is InChI=1S/C21H18F3NO2/c22-21(23,24)12-6-3-7-13(10-12)25-19(26)17-14-8-9-15(18(17)20(25)27)16(14)11-4-1-2-5-11/h3,6-10,14-15,17-18H,1-2,4-5H2/t14-,15-,17+,18+/m1/s1. The van der Waals surface area contributed by atoms with Crippen molar-refractivity contribution < 1.29 is 22.8 Å². The number of carbonyl (C=O) groups is 2. The van der Waals surface area contributed by atoms with Crippen LogP contribution < -0.4 is 4.90 Å². The number of carbonyl (C=O) groups excluding carboxylic acids is 2. The Morgan fingerprint density at radius 3 is 2.07 bits per heavy atom. The second-order valence-corrected chi connectivity index (χ2v) is 7.81. The molecule has 2 bridgehead atoms. The van der Waals surface area contributed by atoms with Crippen LogP contribution in [0, 0.1) is 23.7 Å². The largest absolute Gasteiger partial charge is 0.416 e. The van der Waals surface area contributed by atoms with Crippen LogP contribution in [-0.2, 0) is 15.8 Å². The summed E-state index contributed by atoms with van der Waals surface area (Å²) in [5.74, 6) is -1.80. The number of fused-ring (bicyclic) bond motifs is 5. The summed E-state index contributed by atoms with van der Waals surface area (Å²) in [4.78, 5) is 27.1. The second-order valence-electron chi connectivity index (χ2n) is 7.81. The molecular weight excluding hydrogens is 355 g/mol. The van der Waals surface area contributed by atoms with E-state index in [1.165, 1.54) is 23.3 Å². The van der Waals surface area contributed by atoms with Crippen LogP contribution in [0.4, 0.5) is 18.9 Å². The van der Waals surface area contributed by atoms with Gasteiger partial charge in [0.2, 0.25) is 11.8 Å². The molecule has 2 saturated carbocycles. The Kier molecular flexibility index (Phi) is 3.46. The fourth-order valence-corrected chi connectivity index (χ4v) is 5.40. The minimum atomic E-state index is -4.52. The highest BCUT2D eigenvalue weighted by molar-refractivity contribution is 6.23. The molecule has 3 fully saturated rings. The van der Waals surface area contributed by atoms with Gasteiger partial charge in [-0.2, -0.15) is 13.2 Å². The molecule has 1 aliphatic heterocycles. The minimum Gasteiger partial charge on any atom is -0.274 e. The first-order valence-corrected chi connectivity index (χ1v) is 9.33. The molecule has 6 heteroatoms. The van der Waals surface area contributed by atoms with Gasteiger partial charge >= 0.3 is 6.18 Å². The third-order valence-corrected chi connectivity index (χ3v) is 6.46. The van der Waals surface area contributed by atoms with E-state index < -0.39 is 23.6 Å². The average molecular weight is 373 g/mol. The number of hydrogen-bond donors (Lipinski definition) is 0. The maximum atomic E-state index is 13.1. The molecule has 3 aliphatic carbocycles. The maximum Gasteiger partial charge on any atom is 0.416 e. The van der Waals surface area contributed by atoms with Crippen LogP contribution in [0.2, 0.25) is 0 Å². The second kappa shape index (κ2) is 5.57. The van der Waals surface area contributed by atoms with Crippen molar-refractivity contribution in [2.75, 3.05) is 4.90 Å². The number of nitrogens with zero attached hydrogens (tertiary/aromatic N) is 1. The van der Waals surface area contributed by atoms with Crippen LogP contribution in [-0.4, -0.2) is 11.8 Å². The molecule has 4 atom stereocenters. The van der Waals surface area contributed by atoms with E-state index in [2.05, 4.69) is 0 Å². The summed E-state index contributed by atoms with van der Waals surface area (Å²) >= 11 is 0. The fourth-order valence-electron chi connectivity index (χ4n) is 5.40. The SMILES string of the molecule is O=C1[C@@H]2[C@@H](C(=O)N1c1cccc(C(F)(F)F)c1)[C@@H]1C=C[C@@H]2C1=C1CCCC1. The predicted octanol–water partition coefficient (Wildman–Crippen LogP) is 4.50. The number of halogens is 3. The molecule has 0 spiro atoms. The van der Waals surface area contributed by atoms with Crippen molar-refractivity contribution >= 4 is 17.5 Å². The van der Waals surface area contributed by atoms with E-state index in [9.17, 15) is 22.8 Å². The number of allylic oxidation sites excluding steroid dienone is 4. The molecular formula is C21H18F3NO2. The smallest absolute Gasteiger partial charge is 0.274 e. The zero-order valence-corrected chi connectivity index (χ0v) is 14.5. The lowest BCUT2D eigenvalue weighted by Gasteiger charge is -2.20. The molecule has 0 N–H and O–H groups in total. The first kappa shape index (κ1) is 16.8. The van der Waals surface area contributed by atoms with E-state index in [-0.39, 0.29) is 29.3 Å². The van der Waals surface area contributed by atoms with Crippen molar-refractivity contribution in [3.8, 4) is 0 Å². The molecule has 1 saturated heterocycles. The number of alkyl halides is 3. The van der Waals surface area contributed by atoms with Crippen LogP contribution in [0.1, 0.15) is 31.2 Å². The van der Waals surface area contributed by atoms with Gasteiger partial charge in [0.15, 0.2) is 0 Å². The van der Waals surface area contributed by atoms with Crippen molar-refractivity contribution in [3.05, 3.63) is 53.1 Å². The van der Waals surface area contributed by atoms with Gasteiger partial charge in [0.25, 0.3) is 0 Å². The first-order valence-electron chi connectivity index (χ1n) is 9.33. The first-order chi connectivity index (χ1) is 12.9. The fraction of sp³-hybridized carbons (Fsp3) is 0.429. The zero-order valence-electron chi connectivity index (χ0n) is 14.5. The molecule has 4 aliphatic rings. The zero-order chi connectivity index (χ0) is 18.9. The number of imide groups is 1. The number of rotatable bonds is 1. The lowest BCUT2D eigenvalue weighted by atomic mass is 9.85. The van der Waals surface area contributed by atoms with Gasteiger partial charge in [-0.25, -0.2) is 4.90 Å². The molecule has 1 aromatic rings. The molecule has 2 amide bonds. The Balaban J connectivity index is 1.52. The molecule has 5 rings (SSSR count). The minimum absolute atomic E-state index is 0.0173. The number of hydrogen-bond acceptors (Lipinski definition) is 2. The van der Waals surface area contributed by atoms with E-state index in [4.69, 9.17) is 0 Å². The molecule has 27 heavy (non-hydrogen) atoms. The molecule has 1 heterocycles. The average Bonchev–Trinajstić information content (AvgIpc) is 3.37. The molecule has 140 valence electrons. The van der Waals surface area contributed by atoms with E-state index >= 15 is 0 Å². The van der Waals surface area contributed by atoms with Crippen molar-refractivity contribution in [1.82, 2.24) is 0 Å². The summed E-state index contributed by atoms with van der Waals surface area (Å²) in [6.45, 7) is 0. The van der Waals surface area contributed by atoms with Crippen molar-refractivity contribution in [1.29, 1.82) is 0 Å². The molecule has 3 nitrogen and oxygen atoms in total. The Hall–Kier alpha value is -2.37. The van der Waals surface area contributed by atoms with Crippen molar-refractivity contribution in [2.45, 2.75) is 31.9 Å². The van der Waals surface area contributed by atoms with Gasteiger partial charge in [0, 0.05) is 11.8 Å². The Labute approximate surface area is 154 Å². The van der Waals surface area contributed by atoms with Gasteiger partial charge in [-0.15, -0.1) is 0 Å². The summed E-state index contributed by atoms with van der Waals surface area (Å²) in [5, 5.41) is 0. The topological polar surface area (TPSA) is 37.4 Å². The quantitative estimate of drug-likeness (QED) is 0.537. The van der Waals surface area contributed by atoms with Crippen molar-refractivity contribution in [2.24, 2.45) is 23.7 Å². The summed E-state index contributed by atoms with van der Waals surface area (Å²) in [6.07, 6.45) is 3.88. The Morgan fingerprint density at radius 1 is 0.926 bits per heavy atom. The maximum absolute atomic E-state index is 13.1. The third kappa shape index (κ3) is 2.28. The number of amides is 2. The number of benzene rings is 1. The van der Waals surface area contributed by atoms with E-state index in [0.29, 0.717) is 0 Å². The van der Waals surface area contributed by atoms with Crippen molar-refractivity contribution in [3.63, 3.8) is 0 Å². The van der Waals surface area contributed by atoms with Crippen LogP contribution in [0.25, 0.3) is 0 Å². The Morgan fingerprint density at radius 2 is 1.52 bits per heavy atom. The molecule has 1 aromatic carbocycles. The van der Waals surface area contributed by atoms with Crippen LogP contribution in [0.3, 0.4) is 0 Å². The van der Waals surface area contributed by atoms with Gasteiger partial charge in [-0.05, 0) is 43.9 Å². The van der Waals surface area contributed by atoms with Gasteiger partial charge in [0.1, 0.15) is 0 Å². The van der Waals surface area contributed by atoms with E-state index in [1.54, 1.807) is 0 Å². The van der Waals surface area contributed by atoms with Gasteiger partial charge in [-0.1, -0.05) is 29.4 Å². The van der Waals surface area contributed by atoms with Crippen LogP contribution in [0.15, 0.2) is 47.6 Å². The lowest BCUT2D eigenvalue weighted by molar-refractivity contribution is -0.137.